The summed E-state index contributed by atoms with van der Waals surface area (Å²) in [5.41, 5.74) is 1.70. The quantitative estimate of drug-likeness (QED) is 0.853. The van der Waals surface area contributed by atoms with E-state index in [2.05, 4.69) is 42.2 Å². The smallest absolute Gasteiger partial charge is 0.257 e. The van der Waals surface area contributed by atoms with E-state index in [9.17, 15) is 4.79 Å². The molecule has 0 bridgehead atoms. The average molecular weight is 376 g/mol. The van der Waals surface area contributed by atoms with Crippen LogP contribution in [0.1, 0.15) is 15.9 Å². The van der Waals surface area contributed by atoms with Gasteiger partial charge in [0.25, 0.3) is 5.91 Å². The van der Waals surface area contributed by atoms with Crippen LogP contribution in [0.15, 0.2) is 32.7 Å². The summed E-state index contributed by atoms with van der Waals surface area (Å²) in [6.07, 6.45) is 1.66. The molecule has 0 fully saturated rings. The zero-order valence-corrected chi connectivity index (χ0v) is 12.8. The number of nitrogens with one attached hydrogen (secondary N) is 1. The maximum atomic E-state index is 11.9. The summed E-state index contributed by atoms with van der Waals surface area (Å²) in [5.74, 6) is -0.160. The van der Waals surface area contributed by atoms with E-state index in [1.807, 2.05) is 13.0 Å². The number of halogens is 2. The van der Waals surface area contributed by atoms with Gasteiger partial charge in [0.05, 0.1) is 9.98 Å². The van der Waals surface area contributed by atoms with Crippen LogP contribution in [0.25, 0.3) is 0 Å². The Kier molecular flexibility index (Phi) is 3.96. The second-order valence-electron chi connectivity index (χ2n) is 3.39. The Balaban J connectivity index is 2.17. The molecule has 1 aromatic carbocycles. The number of aryl methyl sites for hydroxylation is 1. The lowest BCUT2D eigenvalue weighted by molar-refractivity contribution is 0.102. The van der Waals surface area contributed by atoms with Crippen molar-refractivity contribution in [3.63, 3.8) is 0 Å². The Labute approximate surface area is 120 Å². The number of nitrogens with zero attached hydrogens (tertiary/aromatic N) is 1. The predicted molar refractivity (Wildman–Crippen MR) is 76.6 cm³/mol. The molecule has 0 unspecified atom stereocenters. The molecule has 1 heterocycles. The third kappa shape index (κ3) is 3.14. The van der Waals surface area contributed by atoms with Crippen molar-refractivity contribution in [2.75, 3.05) is 5.32 Å². The first-order chi connectivity index (χ1) is 8.06. The van der Waals surface area contributed by atoms with E-state index >= 15 is 0 Å². The zero-order chi connectivity index (χ0) is 12.4. The van der Waals surface area contributed by atoms with Crippen molar-refractivity contribution in [2.45, 2.75) is 6.92 Å². The Hall–Kier alpha value is -0.720. The van der Waals surface area contributed by atoms with Crippen molar-refractivity contribution in [2.24, 2.45) is 0 Å². The maximum absolute atomic E-state index is 11.9. The summed E-state index contributed by atoms with van der Waals surface area (Å²) in [4.78, 5) is 16.0. The first-order valence-electron chi connectivity index (χ1n) is 4.75. The van der Waals surface area contributed by atoms with Gasteiger partial charge in [0.2, 0.25) is 0 Å². The maximum Gasteiger partial charge on any atom is 0.257 e. The number of amides is 1. The minimum atomic E-state index is -0.160. The molecule has 2 rings (SSSR count). The third-order valence-electron chi connectivity index (χ3n) is 2.13. The summed E-state index contributed by atoms with van der Waals surface area (Å²) < 4.78 is 1.81. The zero-order valence-electron chi connectivity index (χ0n) is 8.83. The van der Waals surface area contributed by atoms with Gasteiger partial charge in [-0.1, -0.05) is 33.3 Å². The molecule has 0 aliphatic rings. The SMILES string of the molecule is Cc1ccc(C(=O)Nc2ncc(Br)s2)cc1Br. The minimum absolute atomic E-state index is 0.160. The molecule has 0 radical (unpaired) electrons. The third-order valence-corrected chi connectivity index (χ3v) is 4.38. The van der Waals surface area contributed by atoms with Crippen LogP contribution in [-0.2, 0) is 0 Å². The normalized spacial score (nSPS) is 10.3. The number of carbonyl (C=O) groups excluding carboxylic acids is 1. The van der Waals surface area contributed by atoms with E-state index in [-0.39, 0.29) is 5.91 Å². The van der Waals surface area contributed by atoms with Crippen molar-refractivity contribution in [3.8, 4) is 0 Å². The number of anilines is 1. The first kappa shape index (κ1) is 12.7. The van der Waals surface area contributed by atoms with Crippen LogP contribution < -0.4 is 5.32 Å². The van der Waals surface area contributed by atoms with Gasteiger partial charge in [-0.25, -0.2) is 4.98 Å². The van der Waals surface area contributed by atoms with Gasteiger partial charge in [0.15, 0.2) is 5.13 Å². The van der Waals surface area contributed by atoms with Crippen molar-refractivity contribution in [1.29, 1.82) is 0 Å². The standard InChI is InChI=1S/C11H8Br2N2OS/c1-6-2-3-7(4-8(6)12)10(16)15-11-14-5-9(13)17-11/h2-5H,1H3,(H,14,15,16). The Morgan fingerprint density at radius 1 is 1.41 bits per heavy atom. The summed E-state index contributed by atoms with van der Waals surface area (Å²) in [6.45, 7) is 1.98. The average Bonchev–Trinajstić information content (AvgIpc) is 2.68. The molecular formula is C11H8Br2N2OS. The van der Waals surface area contributed by atoms with E-state index in [1.165, 1.54) is 11.3 Å². The summed E-state index contributed by atoms with van der Waals surface area (Å²) in [5, 5.41) is 3.33. The minimum Gasteiger partial charge on any atom is -0.298 e. The highest BCUT2D eigenvalue weighted by Crippen LogP contribution is 2.24. The summed E-state index contributed by atoms with van der Waals surface area (Å²) in [6, 6.07) is 5.49. The van der Waals surface area contributed by atoms with Crippen LogP contribution in [0.2, 0.25) is 0 Å². The molecule has 1 N–H and O–H groups in total. The monoisotopic (exact) mass is 374 g/mol. The lowest BCUT2D eigenvalue weighted by Gasteiger charge is -2.03. The molecule has 0 saturated carbocycles. The van der Waals surface area contributed by atoms with Gasteiger partial charge in [-0.15, -0.1) is 0 Å². The van der Waals surface area contributed by atoms with Gasteiger partial charge in [-0.3, -0.25) is 10.1 Å². The fourth-order valence-corrected chi connectivity index (χ4v) is 2.70. The van der Waals surface area contributed by atoms with E-state index in [0.29, 0.717) is 10.7 Å². The van der Waals surface area contributed by atoms with Gasteiger partial charge in [-0.2, -0.15) is 0 Å². The molecule has 0 atom stereocenters. The van der Waals surface area contributed by atoms with E-state index in [1.54, 1.807) is 18.3 Å². The van der Waals surface area contributed by atoms with E-state index in [4.69, 9.17) is 0 Å². The van der Waals surface area contributed by atoms with Crippen molar-refractivity contribution in [3.05, 3.63) is 43.8 Å². The molecule has 2 aromatic rings. The highest BCUT2D eigenvalue weighted by molar-refractivity contribution is 9.11. The molecule has 0 spiro atoms. The van der Waals surface area contributed by atoms with Crippen LogP contribution in [-0.4, -0.2) is 10.9 Å². The Morgan fingerprint density at radius 3 is 2.76 bits per heavy atom. The molecule has 6 heteroatoms. The van der Waals surface area contributed by atoms with Crippen LogP contribution in [0.4, 0.5) is 5.13 Å². The number of benzene rings is 1. The first-order valence-corrected chi connectivity index (χ1v) is 7.15. The highest BCUT2D eigenvalue weighted by Gasteiger charge is 2.09. The number of aromatic nitrogens is 1. The summed E-state index contributed by atoms with van der Waals surface area (Å²) >= 11 is 8.08. The number of thiazole rings is 1. The number of carbonyl (C=O) groups is 1. The number of hydrogen-bond donors (Lipinski definition) is 1. The van der Waals surface area contributed by atoms with Gasteiger partial charge < -0.3 is 0 Å². The molecule has 17 heavy (non-hydrogen) atoms. The van der Waals surface area contributed by atoms with Crippen LogP contribution in [0.5, 0.6) is 0 Å². The van der Waals surface area contributed by atoms with Gasteiger partial charge in [0, 0.05) is 10.0 Å². The molecule has 0 aliphatic heterocycles. The van der Waals surface area contributed by atoms with Gasteiger partial charge >= 0.3 is 0 Å². The van der Waals surface area contributed by atoms with Crippen LogP contribution in [0, 0.1) is 6.92 Å². The van der Waals surface area contributed by atoms with Crippen molar-refractivity contribution < 1.29 is 4.79 Å². The molecule has 0 aliphatic carbocycles. The lowest BCUT2D eigenvalue weighted by atomic mass is 10.1. The Morgan fingerprint density at radius 2 is 2.18 bits per heavy atom. The van der Waals surface area contributed by atoms with Crippen molar-refractivity contribution in [1.82, 2.24) is 4.98 Å². The molecule has 1 aromatic heterocycles. The highest BCUT2D eigenvalue weighted by atomic mass is 79.9. The largest absolute Gasteiger partial charge is 0.298 e. The second kappa shape index (κ2) is 5.29. The molecule has 3 nitrogen and oxygen atoms in total. The number of hydrogen-bond acceptors (Lipinski definition) is 3. The van der Waals surface area contributed by atoms with Gasteiger partial charge in [0.1, 0.15) is 0 Å². The van der Waals surface area contributed by atoms with E-state index in [0.717, 1.165) is 13.8 Å². The fraction of sp³-hybridized carbons (Fsp3) is 0.0909. The topological polar surface area (TPSA) is 42.0 Å². The van der Waals surface area contributed by atoms with Crippen LogP contribution in [0.3, 0.4) is 0 Å². The van der Waals surface area contributed by atoms with Crippen molar-refractivity contribution >= 4 is 54.2 Å². The molecule has 1 amide bonds. The molecule has 88 valence electrons. The lowest BCUT2D eigenvalue weighted by Crippen LogP contribution is -2.11. The number of rotatable bonds is 2. The van der Waals surface area contributed by atoms with Crippen LogP contribution >= 0.6 is 43.2 Å². The van der Waals surface area contributed by atoms with E-state index < -0.39 is 0 Å². The summed E-state index contributed by atoms with van der Waals surface area (Å²) in [7, 11) is 0. The molecule has 0 saturated heterocycles. The predicted octanol–water partition coefficient (Wildman–Crippen LogP) is 4.23. The molecular weight excluding hydrogens is 368 g/mol. The second-order valence-corrected chi connectivity index (χ2v) is 6.65. The fourth-order valence-electron chi connectivity index (χ4n) is 1.22. The van der Waals surface area contributed by atoms with Gasteiger partial charge in [-0.05, 0) is 40.5 Å². The Bertz CT molecular complexity index is 568.